The van der Waals surface area contributed by atoms with E-state index in [0.717, 1.165) is 21.6 Å². The number of nitrogens with one attached hydrogen (secondary N) is 3. The van der Waals surface area contributed by atoms with Gasteiger partial charge in [-0.15, -0.1) is 0 Å². The van der Waals surface area contributed by atoms with Gasteiger partial charge in [-0.1, -0.05) is 18.2 Å². The zero-order valence-electron chi connectivity index (χ0n) is 15.4. The number of furan rings is 1. The summed E-state index contributed by atoms with van der Waals surface area (Å²) in [6, 6.07) is 9.59. The Hall–Kier alpha value is -2.34. The monoisotopic (exact) mass is 346 g/mol. The summed E-state index contributed by atoms with van der Waals surface area (Å²) in [5.74, 6) is 0.595. The Morgan fingerprint density at radius 3 is 2.32 bits per heavy atom. The molecule has 0 bridgehead atoms. The van der Waals surface area contributed by atoms with Gasteiger partial charge in [0, 0.05) is 11.4 Å². The van der Waals surface area contributed by atoms with Crippen molar-refractivity contribution in [3.63, 3.8) is 0 Å². The number of hydrogen-bond donors (Lipinski definition) is 3. The molecular formula is C19H28N3O3+. The maximum absolute atomic E-state index is 12.3. The topological polar surface area (TPSA) is 75.8 Å². The van der Waals surface area contributed by atoms with Gasteiger partial charge in [0.1, 0.15) is 11.3 Å². The molecule has 0 saturated carbocycles. The fourth-order valence-electron chi connectivity index (χ4n) is 2.72. The van der Waals surface area contributed by atoms with E-state index >= 15 is 0 Å². The predicted octanol–water partition coefficient (Wildman–Crippen LogP) is 1.04. The van der Waals surface area contributed by atoms with Crippen LogP contribution < -0.4 is 15.5 Å². The Kier molecular flexibility index (Phi) is 6.58. The van der Waals surface area contributed by atoms with Crippen molar-refractivity contribution in [2.45, 2.75) is 39.8 Å². The molecule has 1 unspecified atom stereocenters. The molecular weight excluding hydrogens is 318 g/mol. The van der Waals surface area contributed by atoms with E-state index in [9.17, 15) is 9.59 Å². The molecule has 136 valence electrons. The molecule has 6 nitrogen and oxygen atoms in total. The first-order valence-corrected chi connectivity index (χ1v) is 8.79. The van der Waals surface area contributed by atoms with Gasteiger partial charge in [0.2, 0.25) is 0 Å². The molecule has 1 aromatic carbocycles. The van der Waals surface area contributed by atoms with Crippen LogP contribution in [0.3, 0.4) is 0 Å². The van der Waals surface area contributed by atoms with Crippen molar-refractivity contribution < 1.29 is 18.9 Å². The third kappa shape index (κ3) is 5.60. The Morgan fingerprint density at radius 1 is 1.08 bits per heavy atom. The van der Waals surface area contributed by atoms with Gasteiger partial charge in [-0.3, -0.25) is 9.59 Å². The van der Waals surface area contributed by atoms with Crippen molar-refractivity contribution in [2.24, 2.45) is 0 Å². The van der Waals surface area contributed by atoms with Crippen LogP contribution in [0, 0.1) is 0 Å². The van der Waals surface area contributed by atoms with Crippen molar-refractivity contribution in [3.05, 3.63) is 36.1 Å². The average Bonchev–Trinajstić information content (AvgIpc) is 2.97. The maximum Gasteiger partial charge on any atom is 0.275 e. The van der Waals surface area contributed by atoms with Crippen LogP contribution >= 0.6 is 0 Å². The number of hydrogen-bond acceptors (Lipinski definition) is 3. The van der Waals surface area contributed by atoms with Crippen molar-refractivity contribution >= 4 is 22.8 Å². The lowest BCUT2D eigenvalue weighted by Gasteiger charge is -2.19. The lowest BCUT2D eigenvalue weighted by molar-refractivity contribution is -0.881. The van der Waals surface area contributed by atoms with Crippen LogP contribution in [-0.4, -0.2) is 37.5 Å². The SMILES string of the molecule is CC[NH+](CC(=O)NC(C)C)CC(=O)N[C@H](C)c1cc2ccccc2o1. The Bertz CT molecular complexity index is 691. The van der Waals surface area contributed by atoms with E-state index in [2.05, 4.69) is 10.6 Å². The highest BCUT2D eigenvalue weighted by Crippen LogP contribution is 2.23. The second-order valence-electron chi connectivity index (χ2n) is 6.66. The minimum atomic E-state index is -0.220. The van der Waals surface area contributed by atoms with Crippen LogP contribution in [0.25, 0.3) is 11.0 Å². The van der Waals surface area contributed by atoms with Crippen LogP contribution in [0.4, 0.5) is 0 Å². The molecule has 2 amide bonds. The number of para-hydroxylation sites is 1. The van der Waals surface area contributed by atoms with Crippen molar-refractivity contribution in [1.82, 2.24) is 10.6 Å². The van der Waals surface area contributed by atoms with Gasteiger partial charge >= 0.3 is 0 Å². The minimum Gasteiger partial charge on any atom is -0.459 e. The summed E-state index contributed by atoms with van der Waals surface area (Å²) in [7, 11) is 0. The van der Waals surface area contributed by atoms with Gasteiger partial charge in [-0.05, 0) is 39.8 Å². The van der Waals surface area contributed by atoms with Gasteiger partial charge < -0.3 is 20.0 Å². The lowest BCUT2D eigenvalue weighted by Crippen LogP contribution is -3.14. The average molecular weight is 346 g/mol. The smallest absolute Gasteiger partial charge is 0.275 e. The van der Waals surface area contributed by atoms with E-state index < -0.39 is 0 Å². The fraction of sp³-hybridized carbons (Fsp3) is 0.474. The Morgan fingerprint density at radius 2 is 1.72 bits per heavy atom. The summed E-state index contributed by atoms with van der Waals surface area (Å²) >= 11 is 0. The van der Waals surface area contributed by atoms with Gasteiger partial charge in [0.25, 0.3) is 11.8 Å². The van der Waals surface area contributed by atoms with E-state index in [-0.39, 0.29) is 30.4 Å². The molecule has 2 aromatic rings. The van der Waals surface area contributed by atoms with Crippen LogP contribution in [-0.2, 0) is 9.59 Å². The van der Waals surface area contributed by atoms with Crippen LogP contribution in [0.15, 0.2) is 34.7 Å². The van der Waals surface area contributed by atoms with E-state index in [1.807, 2.05) is 58.0 Å². The molecule has 2 atom stereocenters. The van der Waals surface area contributed by atoms with Gasteiger partial charge in [0.15, 0.2) is 13.1 Å². The maximum atomic E-state index is 12.3. The molecule has 3 N–H and O–H groups in total. The summed E-state index contributed by atoms with van der Waals surface area (Å²) in [5, 5.41) is 6.82. The zero-order valence-corrected chi connectivity index (χ0v) is 15.4. The Labute approximate surface area is 148 Å². The fourth-order valence-corrected chi connectivity index (χ4v) is 2.72. The molecule has 0 fully saturated rings. The lowest BCUT2D eigenvalue weighted by atomic mass is 10.2. The molecule has 0 radical (unpaired) electrons. The number of likely N-dealkylation sites (N-methyl/N-ethyl adjacent to an activating group) is 1. The number of quaternary nitrogens is 1. The van der Waals surface area contributed by atoms with Crippen molar-refractivity contribution in [3.8, 4) is 0 Å². The summed E-state index contributed by atoms with van der Waals surface area (Å²) in [6.07, 6.45) is 0. The second-order valence-corrected chi connectivity index (χ2v) is 6.66. The summed E-state index contributed by atoms with van der Waals surface area (Å²) in [5.41, 5.74) is 0.810. The highest BCUT2D eigenvalue weighted by molar-refractivity contribution is 5.80. The summed E-state index contributed by atoms with van der Waals surface area (Å²) in [4.78, 5) is 25.1. The number of carbonyl (C=O) groups excluding carboxylic acids is 2. The third-order valence-corrected chi connectivity index (χ3v) is 4.02. The molecule has 0 aliphatic rings. The normalized spacial score (nSPS) is 13.6. The summed E-state index contributed by atoms with van der Waals surface area (Å²) < 4.78 is 5.78. The first-order valence-electron chi connectivity index (χ1n) is 8.79. The predicted molar refractivity (Wildman–Crippen MR) is 97.3 cm³/mol. The van der Waals surface area contributed by atoms with Crippen molar-refractivity contribution in [2.75, 3.05) is 19.6 Å². The molecule has 0 saturated heterocycles. The Balaban J connectivity index is 1.90. The molecule has 6 heteroatoms. The first-order chi connectivity index (χ1) is 11.9. The number of rotatable bonds is 8. The van der Waals surface area contributed by atoms with E-state index in [0.29, 0.717) is 13.1 Å². The minimum absolute atomic E-state index is 0.0371. The van der Waals surface area contributed by atoms with E-state index in [1.54, 1.807) is 0 Å². The number of amides is 2. The quantitative estimate of drug-likeness (QED) is 0.668. The van der Waals surface area contributed by atoms with Gasteiger partial charge in [-0.25, -0.2) is 0 Å². The number of fused-ring (bicyclic) bond motifs is 1. The summed E-state index contributed by atoms with van der Waals surface area (Å²) in [6.45, 7) is 8.96. The molecule has 1 heterocycles. The third-order valence-electron chi connectivity index (χ3n) is 4.02. The standard InChI is InChI=1S/C19H27N3O3/c1-5-22(11-18(23)20-13(2)3)12-19(24)21-14(4)17-10-15-8-6-7-9-16(15)25-17/h6-10,13-14H,5,11-12H2,1-4H3,(H,20,23)(H,21,24)/p+1/t14-/m1/s1. The van der Waals surface area contributed by atoms with Crippen LogP contribution in [0.2, 0.25) is 0 Å². The highest BCUT2D eigenvalue weighted by atomic mass is 16.3. The molecule has 0 spiro atoms. The number of benzene rings is 1. The van der Waals surface area contributed by atoms with Crippen LogP contribution in [0.5, 0.6) is 0 Å². The second kappa shape index (κ2) is 8.67. The number of carbonyl (C=O) groups is 2. The largest absolute Gasteiger partial charge is 0.459 e. The van der Waals surface area contributed by atoms with Gasteiger partial charge in [0.05, 0.1) is 12.6 Å². The van der Waals surface area contributed by atoms with Crippen molar-refractivity contribution in [1.29, 1.82) is 0 Å². The molecule has 0 aliphatic heterocycles. The molecule has 1 aromatic heterocycles. The van der Waals surface area contributed by atoms with Gasteiger partial charge in [-0.2, -0.15) is 0 Å². The van der Waals surface area contributed by atoms with Crippen LogP contribution in [0.1, 0.15) is 39.5 Å². The van der Waals surface area contributed by atoms with E-state index in [1.165, 1.54) is 0 Å². The molecule has 2 rings (SSSR count). The van der Waals surface area contributed by atoms with E-state index in [4.69, 9.17) is 4.42 Å². The first kappa shape index (κ1) is 19.0. The molecule has 25 heavy (non-hydrogen) atoms. The highest BCUT2D eigenvalue weighted by Gasteiger charge is 2.20. The molecule has 0 aliphatic carbocycles. The zero-order chi connectivity index (χ0) is 18.4.